The maximum absolute atomic E-state index is 6.03. The van der Waals surface area contributed by atoms with Crippen LogP contribution >= 0.6 is 11.6 Å². The summed E-state index contributed by atoms with van der Waals surface area (Å²) in [6.45, 7) is 4.64. The fourth-order valence-corrected chi connectivity index (χ4v) is 2.60. The molecule has 1 aromatic heterocycles. The summed E-state index contributed by atoms with van der Waals surface area (Å²) in [6.07, 6.45) is 4.24. The summed E-state index contributed by atoms with van der Waals surface area (Å²) in [7, 11) is 3.69. The second-order valence-corrected chi connectivity index (χ2v) is 5.46. The number of aromatic nitrogens is 2. The molecule has 1 aliphatic heterocycles. The van der Waals surface area contributed by atoms with Crippen molar-refractivity contribution < 1.29 is 4.74 Å². The standard InChI is InChI=1S/C13H23ClN4O/c1-17-12(14)8-16-13(17)10-18(6-7-19-2)9-11-4-3-5-15-11/h8,11,15H,3-7,9-10H2,1-2H3. The quantitative estimate of drug-likeness (QED) is 0.820. The predicted molar refractivity (Wildman–Crippen MR) is 76.4 cm³/mol. The average molecular weight is 287 g/mol. The molecule has 0 aromatic carbocycles. The van der Waals surface area contributed by atoms with Gasteiger partial charge >= 0.3 is 0 Å². The molecule has 0 aliphatic carbocycles. The molecule has 1 aromatic rings. The molecule has 0 bridgehead atoms. The van der Waals surface area contributed by atoms with Crippen LogP contribution in [0.15, 0.2) is 6.20 Å². The van der Waals surface area contributed by atoms with Crippen molar-refractivity contribution in [2.45, 2.75) is 25.4 Å². The van der Waals surface area contributed by atoms with Crippen molar-refractivity contribution in [2.75, 3.05) is 33.4 Å². The predicted octanol–water partition coefficient (Wildman–Crippen LogP) is 1.27. The molecule has 108 valence electrons. The van der Waals surface area contributed by atoms with Crippen molar-refractivity contribution in [3.63, 3.8) is 0 Å². The van der Waals surface area contributed by atoms with E-state index in [-0.39, 0.29) is 0 Å². The van der Waals surface area contributed by atoms with Crippen LogP contribution in [0.25, 0.3) is 0 Å². The minimum Gasteiger partial charge on any atom is -0.383 e. The van der Waals surface area contributed by atoms with Crippen molar-refractivity contribution in [2.24, 2.45) is 7.05 Å². The number of methoxy groups -OCH3 is 1. The van der Waals surface area contributed by atoms with Gasteiger partial charge < -0.3 is 14.6 Å². The van der Waals surface area contributed by atoms with E-state index in [4.69, 9.17) is 16.3 Å². The van der Waals surface area contributed by atoms with E-state index in [9.17, 15) is 0 Å². The topological polar surface area (TPSA) is 42.3 Å². The molecule has 0 saturated carbocycles. The highest BCUT2D eigenvalue weighted by molar-refractivity contribution is 6.29. The molecule has 1 saturated heterocycles. The maximum atomic E-state index is 6.03. The van der Waals surface area contributed by atoms with Crippen LogP contribution in [-0.4, -0.2) is 53.8 Å². The van der Waals surface area contributed by atoms with Crippen LogP contribution < -0.4 is 5.32 Å². The van der Waals surface area contributed by atoms with Crippen LogP contribution in [-0.2, 0) is 18.3 Å². The molecule has 2 rings (SSSR count). The van der Waals surface area contributed by atoms with Gasteiger partial charge in [-0.2, -0.15) is 0 Å². The second kappa shape index (κ2) is 7.24. The summed E-state index contributed by atoms with van der Waals surface area (Å²) in [4.78, 5) is 6.75. The van der Waals surface area contributed by atoms with Crippen molar-refractivity contribution >= 4 is 11.6 Å². The SMILES string of the molecule is COCCN(Cc1ncc(Cl)n1C)CC1CCCN1. The summed E-state index contributed by atoms with van der Waals surface area (Å²) in [5.41, 5.74) is 0. The normalized spacial score (nSPS) is 19.5. The smallest absolute Gasteiger partial charge is 0.128 e. The van der Waals surface area contributed by atoms with Gasteiger partial charge in [-0.25, -0.2) is 4.98 Å². The van der Waals surface area contributed by atoms with Gasteiger partial charge in [0.2, 0.25) is 0 Å². The Morgan fingerprint density at radius 2 is 2.47 bits per heavy atom. The Hall–Kier alpha value is -0.620. The molecule has 1 unspecified atom stereocenters. The van der Waals surface area contributed by atoms with E-state index in [1.54, 1.807) is 13.3 Å². The lowest BCUT2D eigenvalue weighted by molar-refractivity contribution is 0.136. The first kappa shape index (κ1) is 14.8. The van der Waals surface area contributed by atoms with E-state index < -0.39 is 0 Å². The Morgan fingerprint density at radius 1 is 1.63 bits per heavy atom. The molecule has 1 aliphatic rings. The van der Waals surface area contributed by atoms with Gasteiger partial charge in [0.1, 0.15) is 11.0 Å². The lowest BCUT2D eigenvalue weighted by Crippen LogP contribution is -2.39. The number of ether oxygens (including phenoxy) is 1. The zero-order chi connectivity index (χ0) is 13.7. The van der Waals surface area contributed by atoms with Gasteiger partial charge in [0, 0.05) is 33.3 Å². The van der Waals surface area contributed by atoms with Crippen LogP contribution in [0.3, 0.4) is 0 Å². The summed E-state index contributed by atoms with van der Waals surface area (Å²) >= 11 is 6.03. The number of hydrogen-bond donors (Lipinski definition) is 1. The molecule has 2 heterocycles. The van der Waals surface area contributed by atoms with Gasteiger partial charge in [-0.3, -0.25) is 4.90 Å². The lowest BCUT2D eigenvalue weighted by atomic mass is 10.2. The first-order valence-corrected chi connectivity index (χ1v) is 7.19. The van der Waals surface area contributed by atoms with Crippen molar-refractivity contribution in [3.05, 3.63) is 17.2 Å². The van der Waals surface area contributed by atoms with Gasteiger partial charge in [-0.15, -0.1) is 0 Å². The van der Waals surface area contributed by atoms with Crippen LogP contribution in [0.1, 0.15) is 18.7 Å². The highest BCUT2D eigenvalue weighted by Gasteiger charge is 2.19. The van der Waals surface area contributed by atoms with Crippen molar-refractivity contribution in [1.82, 2.24) is 19.8 Å². The molecule has 5 nitrogen and oxygen atoms in total. The third-order valence-corrected chi connectivity index (χ3v) is 4.00. The van der Waals surface area contributed by atoms with Gasteiger partial charge in [0.05, 0.1) is 19.3 Å². The van der Waals surface area contributed by atoms with E-state index in [0.717, 1.165) is 38.6 Å². The third kappa shape index (κ3) is 4.18. The number of halogens is 1. The second-order valence-electron chi connectivity index (χ2n) is 5.08. The molecule has 0 spiro atoms. The van der Waals surface area contributed by atoms with E-state index >= 15 is 0 Å². The minimum absolute atomic E-state index is 0.590. The Kier molecular flexibility index (Phi) is 5.63. The lowest BCUT2D eigenvalue weighted by Gasteiger charge is -2.25. The molecule has 0 radical (unpaired) electrons. The summed E-state index contributed by atoms with van der Waals surface area (Å²) in [6, 6.07) is 0.590. The van der Waals surface area contributed by atoms with E-state index in [1.165, 1.54) is 12.8 Å². The van der Waals surface area contributed by atoms with Crippen LogP contribution in [0.4, 0.5) is 0 Å². The van der Waals surface area contributed by atoms with Crippen molar-refractivity contribution in [1.29, 1.82) is 0 Å². The van der Waals surface area contributed by atoms with E-state index in [2.05, 4.69) is 15.2 Å². The summed E-state index contributed by atoms with van der Waals surface area (Å²) < 4.78 is 7.13. The summed E-state index contributed by atoms with van der Waals surface area (Å²) in [5.74, 6) is 0.999. The van der Waals surface area contributed by atoms with Gasteiger partial charge in [-0.1, -0.05) is 11.6 Å². The molecule has 19 heavy (non-hydrogen) atoms. The highest BCUT2D eigenvalue weighted by atomic mass is 35.5. The Bertz CT molecular complexity index is 390. The number of hydrogen-bond acceptors (Lipinski definition) is 4. The number of nitrogens with one attached hydrogen (secondary N) is 1. The first-order chi connectivity index (χ1) is 9.20. The molecule has 6 heteroatoms. The molecular formula is C13H23ClN4O. The van der Waals surface area contributed by atoms with Crippen LogP contribution in [0, 0.1) is 0 Å². The number of rotatable bonds is 7. The zero-order valence-electron chi connectivity index (χ0n) is 11.7. The third-order valence-electron chi connectivity index (χ3n) is 3.65. The minimum atomic E-state index is 0.590. The molecule has 0 amide bonds. The maximum Gasteiger partial charge on any atom is 0.128 e. The molecule has 1 N–H and O–H groups in total. The highest BCUT2D eigenvalue weighted by Crippen LogP contribution is 2.13. The van der Waals surface area contributed by atoms with E-state index in [1.807, 2.05) is 11.6 Å². The Morgan fingerprint density at radius 3 is 3.05 bits per heavy atom. The van der Waals surface area contributed by atoms with Gasteiger partial charge in [0.15, 0.2) is 0 Å². The van der Waals surface area contributed by atoms with Crippen molar-refractivity contribution in [3.8, 4) is 0 Å². The number of nitrogens with zero attached hydrogens (tertiary/aromatic N) is 3. The molecule has 1 fully saturated rings. The average Bonchev–Trinajstić information content (AvgIpc) is 3.01. The number of imidazole rings is 1. The summed E-state index contributed by atoms with van der Waals surface area (Å²) in [5, 5.41) is 4.21. The monoisotopic (exact) mass is 286 g/mol. The largest absolute Gasteiger partial charge is 0.383 e. The van der Waals surface area contributed by atoms with Crippen LogP contribution in [0.5, 0.6) is 0 Å². The Balaban J connectivity index is 1.94. The van der Waals surface area contributed by atoms with Crippen LogP contribution in [0.2, 0.25) is 5.15 Å². The Labute approximate surface area is 119 Å². The van der Waals surface area contributed by atoms with Gasteiger partial charge in [0.25, 0.3) is 0 Å². The molecular weight excluding hydrogens is 264 g/mol. The van der Waals surface area contributed by atoms with E-state index in [0.29, 0.717) is 11.2 Å². The van der Waals surface area contributed by atoms with Gasteiger partial charge in [-0.05, 0) is 19.4 Å². The fraction of sp³-hybridized carbons (Fsp3) is 0.769. The zero-order valence-corrected chi connectivity index (χ0v) is 12.5. The first-order valence-electron chi connectivity index (χ1n) is 6.81. The molecule has 1 atom stereocenters. The fourth-order valence-electron chi connectivity index (χ4n) is 2.45.